The molecule has 7 heteroatoms. The molecular formula is C18H13N2O4S-. The molecule has 25 heavy (non-hydrogen) atoms. The van der Waals surface area contributed by atoms with Crippen molar-refractivity contribution in [2.75, 3.05) is 11.9 Å². The van der Waals surface area contributed by atoms with Crippen molar-refractivity contribution in [2.45, 2.75) is 0 Å². The van der Waals surface area contributed by atoms with Crippen LogP contribution in [0.25, 0.3) is 6.08 Å². The molecule has 0 saturated carbocycles. The summed E-state index contributed by atoms with van der Waals surface area (Å²) in [7, 11) is 1.66. The van der Waals surface area contributed by atoms with Crippen LogP contribution in [0.2, 0.25) is 0 Å². The second-order valence-corrected chi connectivity index (χ2v) is 6.08. The monoisotopic (exact) mass is 353 g/mol. The van der Waals surface area contributed by atoms with E-state index >= 15 is 0 Å². The third-order valence-corrected chi connectivity index (χ3v) is 4.51. The third-order valence-electron chi connectivity index (χ3n) is 3.43. The summed E-state index contributed by atoms with van der Waals surface area (Å²) in [6.07, 6.45) is 6.64. The number of amidine groups is 1. The van der Waals surface area contributed by atoms with Gasteiger partial charge in [-0.05, 0) is 42.1 Å². The molecular weight excluding hydrogens is 340 g/mol. The van der Waals surface area contributed by atoms with Crippen LogP contribution < -0.4 is 10.0 Å². The summed E-state index contributed by atoms with van der Waals surface area (Å²) in [4.78, 5) is 29.3. The highest BCUT2D eigenvalue weighted by atomic mass is 32.2. The normalized spacial score (nSPS) is 15.8. The number of rotatable bonds is 4. The first-order valence-electron chi connectivity index (χ1n) is 7.33. The lowest BCUT2D eigenvalue weighted by atomic mass is 10.1. The average Bonchev–Trinajstić information content (AvgIpc) is 3.24. The summed E-state index contributed by atoms with van der Waals surface area (Å²) >= 11 is 1.17. The number of benzene rings is 1. The van der Waals surface area contributed by atoms with Gasteiger partial charge in [-0.1, -0.05) is 24.3 Å². The summed E-state index contributed by atoms with van der Waals surface area (Å²) in [6, 6.07) is 9.98. The molecule has 3 rings (SSSR count). The van der Waals surface area contributed by atoms with Gasteiger partial charge < -0.3 is 19.2 Å². The van der Waals surface area contributed by atoms with Gasteiger partial charge in [-0.2, -0.15) is 4.99 Å². The summed E-state index contributed by atoms with van der Waals surface area (Å²) in [5.74, 6) is -0.982. The predicted octanol–water partition coefficient (Wildman–Crippen LogP) is 2.31. The number of para-hydroxylation sites is 1. The number of anilines is 1. The molecule has 0 unspecified atom stereocenters. The maximum atomic E-state index is 12.0. The van der Waals surface area contributed by atoms with Crippen molar-refractivity contribution < 1.29 is 19.1 Å². The largest absolute Gasteiger partial charge is 0.545 e. The Morgan fingerprint density at radius 1 is 1.28 bits per heavy atom. The van der Waals surface area contributed by atoms with Crippen LogP contribution >= 0.6 is 11.8 Å². The van der Waals surface area contributed by atoms with Gasteiger partial charge in [0, 0.05) is 12.6 Å². The molecule has 1 aliphatic heterocycles. The zero-order valence-electron chi connectivity index (χ0n) is 13.2. The maximum Gasteiger partial charge on any atom is 0.286 e. The SMILES string of the molecule is CN(C1=NC(=O)/C(=C/C=C/c2ccco2)S1)c1ccccc1C(=O)[O-]. The van der Waals surface area contributed by atoms with Crippen molar-refractivity contribution in [1.82, 2.24) is 0 Å². The fourth-order valence-electron chi connectivity index (χ4n) is 2.21. The number of carbonyl (C=O) groups is 2. The molecule has 0 N–H and O–H groups in total. The van der Waals surface area contributed by atoms with E-state index in [1.165, 1.54) is 17.8 Å². The smallest absolute Gasteiger partial charge is 0.286 e. The topological polar surface area (TPSA) is 85.9 Å². The molecule has 0 saturated heterocycles. The van der Waals surface area contributed by atoms with Gasteiger partial charge in [0.2, 0.25) is 0 Å². The number of amides is 1. The minimum atomic E-state index is -1.28. The highest BCUT2D eigenvalue weighted by Gasteiger charge is 2.25. The minimum Gasteiger partial charge on any atom is -0.545 e. The van der Waals surface area contributed by atoms with E-state index in [2.05, 4.69) is 4.99 Å². The zero-order valence-corrected chi connectivity index (χ0v) is 14.0. The van der Waals surface area contributed by atoms with Gasteiger partial charge in [0.05, 0.1) is 22.8 Å². The van der Waals surface area contributed by atoms with Gasteiger partial charge in [-0.3, -0.25) is 4.79 Å². The van der Waals surface area contributed by atoms with E-state index in [4.69, 9.17) is 4.42 Å². The molecule has 1 aliphatic rings. The van der Waals surface area contributed by atoms with Crippen molar-refractivity contribution >= 4 is 40.6 Å². The van der Waals surface area contributed by atoms with E-state index in [1.807, 2.05) is 0 Å². The van der Waals surface area contributed by atoms with Gasteiger partial charge >= 0.3 is 0 Å². The fraction of sp³-hybridized carbons (Fsp3) is 0.0556. The Morgan fingerprint density at radius 3 is 2.80 bits per heavy atom. The Labute approximate surface area is 148 Å². The van der Waals surface area contributed by atoms with Crippen molar-refractivity contribution in [2.24, 2.45) is 4.99 Å². The fourth-order valence-corrected chi connectivity index (χ4v) is 3.05. The second-order valence-electron chi connectivity index (χ2n) is 5.07. The zero-order chi connectivity index (χ0) is 17.8. The van der Waals surface area contributed by atoms with Gasteiger partial charge in [0.25, 0.3) is 5.91 Å². The number of carbonyl (C=O) groups excluding carboxylic acids is 2. The molecule has 0 aliphatic carbocycles. The van der Waals surface area contributed by atoms with Crippen molar-refractivity contribution in [3.05, 3.63) is 71.0 Å². The van der Waals surface area contributed by atoms with E-state index in [0.717, 1.165) is 0 Å². The Balaban J connectivity index is 1.78. The molecule has 1 amide bonds. The van der Waals surface area contributed by atoms with Crippen LogP contribution in [0, 0.1) is 0 Å². The highest BCUT2D eigenvalue weighted by Crippen LogP contribution is 2.31. The molecule has 0 atom stereocenters. The van der Waals surface area contributed by atoms with Crippen molar-refractivity contribution in [3.8, 4) is 0 Å². The van der Waals surface area contributed by atoms with Crippen LogP contribution in [0.15, 0.2) is 69.1 Å². The molecule has 6 nitrogen and oxygen atoms in total. The summed E-state index contributed by atoms with van der Waals surface area (Å²) in [5.41, 5.74) is 0.449. The Bertz CT molecular complexity index is 898. The first kappa shape index (κ1) is 16.8. The Morgan fingerprint density at radius 2 is 2.08 bits per heavy atom. The summed E-state index contributed by atoms with van der Waals surface area (Å²) < 4.78 is 5.17. The molecule has 126 valence electrons. The molecule has 2 heterocycles. The molecule has 1 aromatic heterocycles. The van der Waals surface area contributed by atoms with Crippen molar-refractivity contribution in [3.63, 3.8) is 0 Å². The van der Waals surface area contributed by atoms with Crippen LogP contribution in [-0.4, -0.2) is 24.1 Å². The molecule has 0 spiro atoms. The lowest BCUT2D eigenvalue weighted by molar-refractivity contribution is -0.254. The lowest BCUT2D eigenvalue weighted by Crippen LogP contribution is -2.29. The predicted molar refractivity (Wildman–Crippen MR) is 95.0 cm³/mol. The lowest BCUT2D eigenvalue weighted by Gasteiger charge is -2.21. The standard InChI is InChI=1S/C18H14N2O4S/c1-20(14-9-3-2-8-13(14)17(22)23)18-19-16(21)15(25-18)10-4-6-12-7-5-11-24-12/h2-11H,1H3,(H,22,23)/p-1/b6-4+,15-10-. The minimum absolute atomic E-state index is 0.0379. The average molecular weight is 353 g/mol. The number of thioether (sulfide) groups is 1. The number of carboxylic acid groups (broad SMARTS) is 1. The number of aromatic carboxylic acids is 1. The third kappa shape index (κ3) is 3.72. The number of hydrogen-bond acceptors (Lipinski definition) is 6. The highest BCUT2D eigenvalue weighted by molar-refractivity contribution is 8.18. The van der Waals surface area contributed by atoms with Crippen molar-refractivity contribution in [1.29, 1.82) is 0 Å². The Hall–Kier alpha value is -3.06. The molecule has 0 radical (unpaired) electrons. The van der Waals surface area contributed by atoms with Crippen LogP contribution in [-0.2, 0) is 4.79 Å². The molecule has 1 aromatic carbocycles. The van der Waals surface area contributed by atoms with Crippen LogP contribution in [0.4, 0.5) is 5.69 Å². The number of aliphatic imine (C=N–C) groups is 1. The van der Waals surface area contributed by atoms with Crippen LogP contribution in [0.1, 0.15) is 16.1 Å². The van der Waals surface area contributed by atoms with Crippen LogP contribution in [0.5, 0.6) is 0 Å². The van der Waals surface area contributed by atoms with E-state index in [-0.39, 0.29) is 11.5 Å². The van der Waals surface area contributed by atoms with Crippen LogP contribution in [0.3, 0.4) is 0 Å². The molecule has 2 aromatic rings. The summed E-state index contributed by atoms with van der Waals surface area (Å²) in [5, 5.41) is 11.6. The van der Waals surface area contributed by atoms with Gasteiger partial charge in [-0.25, -0.2) is 0 Å². The molecule has 0 fully saturated rings. The number of nitrogens with zero attached hydrogens (tertiary/aromatic N) is 2. The van der Waals surface area contributed by atoms with E-state index < -0.39 is 5.97 Å². The Kier molecular flexibility index (Phi) is 4.85. The molecule has 0 bridgehead atoms. The second kappa shape index (κ2) is 7.23. The summed E-state index contributed by atoms with van der Waals surface area (Å²) in [6.45, 7) is 0. The van der Waals surface area contributed by atoms with Gasteiger partial charge in [0.15, 0.2) is 5.17 Å². The first-order chi connectivity index (χ1) is 12.1. The number of hydrogen-bond donors (Lipinski definition) is 0. The van der Waals surface area contributed by atoms with E-state index in [1.54, 1.807) is 66.8 Å². The quantitative estimate of drug-likeness (QED) is 0.784. The number of allylic oxidation sites excluding steroid dienone is 2. The van der Waals surface area contributed by atoms with Gasteiger partial charge in [0.1, 0.15) is 5.76 Å². The number of carboxylic acids is 1. The first-order valence-corrected chi connectivity index (χ1v) is 8.15. The van der Waals surface area contributed by atoms with E-state index in [0.29, 0.717) is 21.5 Å². The number of furan rings is 1. The maximum absolute atomic E-state index is 12.0. The van der Waals surface area contributed by atoms with Gasteiger partial charge in [-0.15, -0.1) is 0 Å². The van der Waals surface area contributed by atoms with E-state index in [9.17, 15) is 14.7 Å².